The number of aryl methyl sites for hydroxylation is 1. The highest BCUT2D eigenvalue weighted by atomic mass is 79.9. The van der Waals surface area contributed by atoms with Gasteiger partial charge < -0.3 is 24.4 Å². The summed E-state index contributed by atoms with van der Waals surface area (Å²) in [7, 11) is 0. The Bertz CT molecular complexity index is 1160. The van der Waals surface area contributed by atoms with Crippen LogP contribution in [-0.4, -0.2) is 49.8 Å². The van der Waals surface area contributed by atoms with Gasteiger partial charge in [0.1, 0.15) is 6.61 Å². The van der Waals surface area contributed by atoms with Crippen LogP contribution >= 0.6 is 15.9 Å². The third-order valence-corrected chi connectivity index (χ3v) is 6.06. The van der Waals surface area contributed by atoms with E-state index in [-0.39, 0.29) is 5.91 Å². The highest BCUT2D eigenvalue weighted by molar-refractivity contribution is 9.10. The molecule has 0 atom stereocenters. The summed E-state index contributed by atoms with van der Waals surface area (Å²) in [6.45, 7) is 3.64. The SMILES string of the molecule is Cc1ccc(C(=O)N(CCN2CCOc3c(OCC(=O)O)cccc32)c2ccc(Br)cc2)cc1. The molecule has 8 heteroatoms. The zero-order valence-electron chi connectivity index (χ0n) is 18.7. The molecule has 1 N–H and O–H groups in total. The number of carbonyl (C=O) groups is 2. The van der Waals surface area contributed by atoms with Crippen molar-refractivity contribution < 1.29 is 24.2 Å². The van der Waals surface area contributed by atoms with Gasteiger partial charge in [-0.2, -0.15) is 0 Å². The Morgan fingerprint density at radius 1 is 1.09 bits per heavy atom. The lowest BCUT2D eigenvalue weighted by Gasteiger charge is -2.34. The van der Waals surface area contributed by atoms with Gasteiger partial charge in [-0.3, -0.25) is 4.79 Å². The predicted molar refractivity (Wildman–Crippen MR) is 134 cm³/mol. The van der Waals surface area contributed by atoms with Crippen LogP contribution in [0.5, 0.6) is 11.5 Å². The highest BCUT2D eigenvalue weighted by Gasteiger charge is 2.24. The molecule has 0 saturated heterocycles. The number of carbonyl (C=O) groups excluding carboxylic acids is 1. The number of hydrogen-bond acceptors (Lipinski definition) is 5. The lowest BCUT2D eigenvalue weighted by Crippen LogP contribution is -2.41. The standard InChI is InChI=1S/C26H25BrN2O5/c1-18-5-7-19(8-6-18)26(32)29(21-11-9-20(27)10-12-21)14-13-28-15-16-33-25-22(28)3-2-4-23(25)34-17-24(30)31/h2-12H,13-17H2,1H3,(H,30,31). The summed E-state index contributed by atoms with van der Waals surface area (Å²) < 4.78 is 12.1. The predicted octanol–water partition coefficient (Wildman–Crippen LogP) is 4.77. The number of amides is 1. The van der Waals surface area contributed by atoms with E-state index in [0.717, 1.165) is 21.4 Å². The molecule has 0 saturated carbocycles. The van der Waals surface area contributed by atoms with E-state index in [9.17, 15) is 9.59 Å². The van der Waals surface area contributed by atoms with Gasteiger partial charge in [0.25, 0.3) is 5.91 Å². The maximum Gasteiger partial charge on any atom is 0.341 e. The fraction of sp³-hybridized carbons (Fsp3) is 0.231. The van der Waals surface area contributed by atoms with Crippen molar-refractivity contribution in [1.29, 1.82) is 0 Å². The average molecular weight is 525 g/mol. The number of carboxylic acid groups (broad SMARTS) is 1. The van der Waals surface area contributed by atoms with Gasteiger partial charge in [-0.05, 0) is 55.5 Å². The van der Waals surface area contributed by atoms with E-state index >= 15 is 0 Å². The van der Waals surface area contributed by atoms with Crippen LogP contribution in [0.4, 0.5) is 11.4 Å². The number of carboxylic acids is 1. The van der Waals surface area contributed by atoms with Crippen LogP contribution in [0.15, 0.2) is 71.2 Å². The van der Waals surface area contributed by atoms with Gasteiger partial charge in [-0.1, -0.05) is 39.7 Å². The Morgan fingerprint density at radius 3 is 2.53 bits per heavy atom. The number of nitrogens with zero attached hydrogens (tertiary/aromatic N) is 2. The first-order valence-corrected chi connectivity index (χ1v) is 11.7. The van der Waals surface area contributed by atoms with Gasteiger partial charge in [0.2, 0.25) is 0 Å². The van der Waals surface area contributed by atoms with Gasteiger partial charge in [0.15, 0.2) is 18.1 Å². The molecular weight excluding hydrogens is 500 g/mol. The van der Waals surface area contributed by atoms with Crippen molar-refractivity contribution in [3.63, 3.8) is 0 Å². The van der Waals surface area contributed by atoms with Crippen LogP contribution in [0.1, 0.15) is 15.9 Å². The average Bonchev–Trinajstić information content (AvgIpc) is 2.84. The highest BCUT2D eigenvalue weighted by Crippen LogP contribution is 2.40. The molecule has 1 aliphatic heterocycles. The first-order valence-electron chi connectivity index (χ1n) is 10.9. The van der Waals surface area contributed by atoms with E-state index in [1.807, 2.05) is 67.6 Å². The zero-order chi connectivity index (χ0) is 24.1. The molecule has 0 spiro atoms. The molecule has 3 aromatic carbocycles. The summed E-state index contributed by atoms with van der Waals surface area (Å²) in [5.74, 6) is -0.209. The van der Waals surface area contributed by atoms with Crippen LogP contribution in [0.3, 0.4) is 0 Å². The first-order chi connectivity index (χ1) is 16.4. The van der Waals surface area contributed by atoms with Crippen molar-refractivity contribution in [2.75, 3.05) is 42.6 Å². The van der Waals surface area contributed by atoms with Gasteiger partial charge >= 0.3 is 5.97 Å². The Hall–Kier alpha value is -3.52. The Morgan fingerprint density at radius 2 is 1.82 bits per heavy atom. The largest absolute Gasteiger partial charge is 0.486 e. The summed E-state index contributed by atoms with van der Waals surface area (Å²) in [6, 6.07) is 20.6. The lowest BCUT2D eigenvalue weighted by molar-refractivity contribution is -0.139. The molecule has 0 aliphatic carbocycles. The maximum absolute atomic E-state index is 13.5. The molecule has 34 heavy (non-hydrogen) atoms. The molecule has 0 fully saturated rings. The number of aliphatic carboxylic acids is 1. The molecule has 1 aliphatic rings. The Balaban J connectivity index is 1.57. The number of benzene rings is 3. The smallest absolute Gasteiger partial charge is 0.341 e. The Labute approximate surface area is 206 Å². The Kier molecular flexibility index (Phi) is 7.37. The number of fused-ring (bicyclic) bond motifs is 1. The molecule has 3 aromatic rings. The van der Waals surface area contributed by atoms with E-state index in [2.05, 4.69) is 20.8 Å². The molecule has 0 radical (unpaired) electrons. The minimum atomic E-state index is -1.05. The summed E-state index contributed by atoms with van der Waals surface area (Å²) in [5.41, 5.74) is 3.34. The van der Waals surface area contributed by atoms with Gasteiger partial charge in [0.05, 0.1) is 12.2 Å². The first kappa shape index (κ1) is 23.6. The molecule has 1 heterocycles. The van der Waals surface area contributed by atoms with E-state index in [0.29, 0.717) is 43.3 Å². The van der Waals surface area contributed by atoms with Crippen LogP contribution in [0.2, 0.25) is 0 Å². The number of halogens is 1. The summed E-state index contributed by atoms with van der Waals surface area (Å²) >= 11 is 3.46. The van der Waals surface area contributed by atoms with Gasteiger partial charge in [-0.15, -0.1) is 0 Å². The van der Waals surface area contributed by atoms with Crippen LogP contribution in [0.25, 0.3) is 0 Å². The fourth-order valence-corrected chi connectivity index (χ4v) is 4.07. The number of hydrogen-bond donors (Lipinski definition) is 1. The van der Waals surface area contributed by atoms with Crippen molar-refractivity contribution in [3.05, 3.63) is 82.3 Å². The number of ether oxygens (including phenoxy) is 2. The van der Waals surface area contributed by atoms with Crippen molar-refractivity contribution in [2.24, 2.45) is 0 Å². The third kappa shape index (κ3) is 5.51. The summed E-state index contributed by atoms with van der Waals surface area (Å²) in [4.78, 5) is 28.3. The topological polar surface area (TPSA) is 79.3 Å². The van der Waals surface area contributed by atoms with Crippen molar-refractivity contribution in [2.45, 2.75) is 6.92 Å². The van der Waals surface area contributed by atoms with Crippen molar-refractivity contribution in [3.8, 4) is 11.5 Å². The molecule has 0 bridgehead atoms. The molecule has 4 rings (SSSR count). The summed E-state index contributed by atoms with van der Waals surface area (Å²) in [6.07, 6.45) is 0. The molecule has 0 aromatic heterocycles. The van der Waals surface area contributed by atoms with E-state index < -0.39 is 12.6 Å². The number of rotatable bonds is 8. The fourth-order valence-electron chi connectivity index (χ4n) is 3.80. The molecular formula is C26H25BrN2O5. The second-order valence-corrected chi connectivity index (χ2v) is 8.84. The molecule has 0 unspecified atom stereocenters. The van der Waals surface area contributed by atoms with E-state index in [1.54, 1.807) is 11.0 Å². The molecule has 7 nitrogen and oxygen atoms in total. The van der Waals surface area contributed by atoms with E-state index in [1.165, 1.54) is 0 Å². The third-order valence-electron chi connectivity index (χ3n) is 5.53. The zero-order valence-corrected chi connectivity index (χ0v) is 20.3. The monoisotopic (exact) mass is 524 g/mol. The maximum atomic E-state index is 13.5. The lowest BCUT2D eigenvalue weighted by atomic mass is 10.1. The number of para-hydroxylation sites is 1. The second kappa shape index (κ2) is 10.6. The van der Waals surface area contributed by atoms with Crippen LogP contribution < -0.4 is 19.3 Å². The number of anilines is 2. The minimum Gasteiger partial charge on any atom is -0.486 e. The van der Waals surface area contributed by atoms with Gasteiger partial charge in [0, 0.05) is 28.8 Å². The molecule has 1 amide bonds. The summed E-state index contributed by atoms with van der Waals surface area (Å²) in [5, 5.41) is 8.95. The minimum absolute atomic E-state index is 0.0747. The van der Waals surface area contributed by atoms with E-state index in [4.69, 9.17) is 14.6 Å². The van der Waals surface area contributed by atoms with Crippen LogP contribution in [0, 0.1) is 6.92 Å². The quantitative estimate of drug-likeness (QED) is 0.457. The van der Waals surface area contributed by atoms with Crippen molar-refractivity contribution in [1.82, 2.24) is 0 Å². The van der Waals surface area contributed by atoms with Crippen molar-refractivity contribution >= 4 is 39.2 Å². The van der Waals surface area contributed by atoms with Crippen LogP contribution in [-0.2, 0) is 4.79 Å². The normalized spacial score (nSPS) is 12.5. The van der Waals surface area contributed by atoms with Gasteiger partial charge in [-0.25, -0.2) is 4.79 Å². The second-order valence-electron chi connectivity index (χ2n) is 7.92. The molecule has 176 valence electrons.